The number of nitrogens with one attached hydrogen (secondary N) is 3. The Kier molecular flexibility index (Phi) is 4.95. The third-order valence-corrected chi connectivity index (χ3v) is 4.97. The van der Waals surface area contributed by atoms with Crippen LogP contribution in [0.1, 0.15) is 23.5 Å². The average molecular weight is 390 g/mol. The van der Waals surface area contributed by atoms with Gasteiger partial charge in [0.1, 0.15) is 5.82 Å². The molecular formula is C22H19FN4O2. The first-order chi connectivity index (χ1) is 14.0. The lowest BCUT2D eigenvalue weighted by Gasteiger charge is -2.24. The van der Waals surface area contributed by atoms with Crippen molar-refractivity contribution in [3.8, 4) is 11.3 Å². The molecule has 0 aliphatic carbocycles. The summed E-state index contributed by atoms with van der Waals surface area (Å²) in [4.78, 5) is 24.9. The standard InChI is InChI=1S/C22H19FN4O2/c1-13-2-3-15(19-8-9-25-27-19)10-20(13)26-22(29)18-12-24-21(28)11-17(18)14-4-6-16(23)7-5-14/h2-10,12,17H,11H2,1H3,(H,24,28)(H,25,27)(H,26,29)/t17-/m0/s1. The molecule has 1 aromatic heterocycles. The van der Waals surface area contributed by atoms with Crippen LogP contribution in [0.4, 0.5) is 10.1 Å². The number of rotatable bonds is 4. The molecule has 1 aliphatic rings. The van der Waals surface area contributed by atoms with Gasteiger partial charge in [-0.2, -0.15) is 5.10 Å². The molecule has 29 heavy (non-hydrogen) atoms. The van der Waals surface area contributed by atoms with Crippen LogP contribution in [0, 0.1) is 12.7 Å². The molecular weight excluding hydrogens is 371 g/mol. The first kappa shape index (κ1) is 18.6. The van der Waals surface area contributed by atoms with Gasteiger partial charge in [0.15, 0.2) is 0 Å². The fourth-order valence-electron chi connectivity index (χ4n) is 3.36. The lowest BCUT2D eigenvalue weighted by Crippen LogP contribution is -2.32. The van der Waals surface area contributed by atoms with Crippen LogP contribution in [0.15, 0.2) is 66.5 Å². The Morgan fingerprint density at radius 3 is 2.69 bits per heavy atom. The maximum Gasteiger partial charge on any atom is 0.253 e. The number of hydrogen-bond acceptors (Lipinski definition) is 3. The summed E-state index contributed by atoms with van der Waals surface area (Å²) in [5.74, 6) is -1.32. The lowest BCUT2D eigenvalue weighted by molar-refractivity contribution is -0.121. The molecule has 3 N–H and O–H groups in total. The van der Waals surface area contributed by atoms with Crippen LogP contribution in [0.3, 0.4) is 0 Å². The minimum absolute atomic E-state index is 0.122. The number of carbonyl (C=O) groups excluding carboxylic acids is 2. The zero-order chi connectivity index (χ0) is 20.4. The average Bonchev–Trinajstić information content (AvgIpc) is 3.25. The van der Waals surface area contributed by atoms with Gasteiger partial charge in [0.05, 0.1) is 5.69 Å². The van der Waals surface area contributed by atoms with Crippen LogP contribution in [0.25, 0.3) is 11.3 Å². The number of amides is 2. The van der Waals surface area contributed by atoms with Crippen LogP contribution >= 0.6 is 0 Å². The summed E-state index contributed by atoms with van der Waals surface area (Å²) in [6.07, 6.45) is 3.29. The first-order valence-corrected chi connectivity index (χ1v) is 9.18. The Hall–Kier alpha value is -3.74. The zero-order valence-corrected chi connectivity index (χ0v) is 15.7. The molecule has 0 spiro atoms. The summed E-state index contributed by atoms with van der Waals surface area (Å²) in [7, 11) is 0. The predicted molar refractivity (Wildman–Crippen MR) is 107 cm³/mol. The molecule has 0 bridgehead atoms. The fourth-order valence-corrected chi connectivity index (χ4v) is 3.36. The van der Waals surface area contributed by atoms with E-state index in [-0.39, 0.29) is 24.1 Å². The third kappa shape index (κ3) is 3.94. The van der Waals surface area contributed by atoms with Crippen molar-refractivity contribution in [1.29, 1.82) is 0 Å². The van der Waals surface area contributed by atoms with E-state index in [1.807, 2.05) is 31.2 Å². The van der Waals surface area contributed by atoms with Gasteiger partial charge >= 0.3 is 0 Å². The molecule has 6 nitrogen and oxygen atoms in total. The molecule has 0 saturated carbocycles. The van der Waals surface area contributed by atoms with E-state index in [1.54, 1.807) is 18.3 Å². The Morgan fingerprint density at radius 1 is 1.17 bits per heavy atom. The number of halogens is 1. The van der Waals surface area contributed by atoms with Gasteiger partial charge in [-0.15, -0.1) is 0 Å². The van der Waals surface area contributed by atoms with E-state index in [9.17, 15) is 14.0 Å². The number of benzene rings is 2. The van der Waals surface area contributed by atoms with Gasteiger partial charge in [0.25, 0.3) is 5.91 Å². The largest absolute Gasteiger partial charge is 0.332 e. The van der Waals surface area contributed by atoms with Crippen molar-refractivity contribution in [2.24, 2.45) is 0 Å². The fraction of sp³-hybridized carbons (Fsp3) is 0.136. The molecule has 1 aliphatic heterocycles. The molecule has 0 fully saturated rings. The number of aromatic nitrogens is 2. The van der Waals surface area contributed by atoms with E-state index in [1.165, 1.54) is 18.3 Å². The van der Waals surface area contributed by atoms with Gasteiger partial charge in [-0.1, -0.05) is 24.3 Å². The number of hydrogen-bond donors (Lipinski definition) is 3. The molecule has 0 radical (unpaired) electrons. The Morgan fingerprint density at radius 2 is 1.97 bits per heavy atom. The number of H-pyrrole nitrogens is 1. The maximum atomic E-state index is 13.3. The lowest BCUT2D eigenvalue weighted by atomic mass is 9.86. The van der Waals surface area contributed by atoms with Crippen LogP contribution in [0.2, 0.25) is 0 Å². The molecule has 0 unspecified atom stereocenters. The molecule has 2 heterocycles. The molecule has 146 valence electrons. The van der Waals surface area contributed by atoms with Gasteiger partial charge in [0.2, 0.25) is 5.91 Å². The monoisotopic (exact) mass is 390 g/mol. The Balaban J connectivity index is 1.62. The highest BCUT2D eigenvalue weighted by molar-refractivity contribution is 6.07. The van der Waals surface area contributed by atoms with E-state index < -0.39 is 5.92 Å². The van der Waals surface area contributed by atoms with Crippen molar-refractivity contribution in [1.82, 2.24) is 15.5 Å². The van der Waals surface area contributed by atoms with Crippen LogP contribution in [-0.2, 0) is 9.59 Å². The third-order valence-electron chi connectivity index (χ3n) is 4.97. The first-order valence-electron chi connectivity index (χ1n) is 9.18. The Bertz CT molecular complexity index is 1090. The number of carbonyl (C=O) groups is 2. The quantitative estimate of drug-likeness (QED) is 0.636. The molecule has 2 aromatic carbocycles. The second kappa shape index (κ2) is 7.71. The summed E-state index contributed by atoms with van der Waals surface area (Å²) in [5.41, 5.74) is 4.33. The molecule has 4 rings (SSSR count). The number of anilines is 1. The highest BCUT2D eigenvalue weighted by Crippen LogP contribution is 2.32. The smallest absolute Gasteiger partial charge is 0.253 e. The van der Waals surface area contributed by atoms with Gasteiger partial charge in [-0.3, -0.25) is 14.7 Å². The van der Waals surface area contributed by atoms with Crippen LogP contribution < -0.4 is 10.6 Å². The van der Waals surface area contributed by atoms with E-state index >= 15 is 0 Å². The molecule has 0 saturated heterocycles. The number of aromatic amines is 1. The summed E-state index contributed by atoms with van der Waals surface area (Å²) >= 11 is 0. The predicted octanol–water partition coefficient (Wildman–Crippen LogP) is 3.65. The van der Waals surface area contributed by atoms with E-state index in [2.05, 4.69) is 20.8 Å². The Labute approximate surface area is 166 Å². The molecule has 3 aromatic rings. The molecule has 2 amide bonds. The van der Waals surface area contributed by atoms with Crippen molar-refractivity contribution < 1.29 is 14.0 Å². The van der Waals surface area contributed by atoms with Crippen molar-refractivity contribution in [2.45, 2.75) is 19.3 Å². The molecule has 7 heteroatoms. The highest BCUT2D eigenvalue weighted by atomic mass is 19.1. The summed E-state index contributed by atoms with van der Waals surface area (Å²) in [6.45, 7) is 1.90. The number of nitrogens with zero attached hydrogens (tertiary/aromatic N) is 1. The highest BCUT2D eigenvalue weighted by Gasteiger charge is 2.29. The summed E-state index contributed by atoms with van der Waals surface area (Å²) in [6, 6.07) is 13.4. The van der Waals surface area contributed by atoms with Crippen molar-refractivity contribution in [3.63, 3.8) is 0 Å². The van der Waals surface area contributed by atoms with E-state index in [0.717, 1.165) is 16.8 Å². The minimum atomic E-state index is -0.445. The topological polar surface area (TPSA) is 86.9 Å². The second-order valence-corrected chi connectivity index (χ2v) is 6.92. The van der Waals surface area contributed by atoms with E-state index in [0.29, 0.717) is 16.8 Å². The second-order valence-electron chi connectivity index (χ2n) is 6.92. The van der Waals surface area contributed by atoms with Crippen molar-refractivity contribution in [2.75, 3.05) is 5.32 Å². The SMILES string of the molecule is Cc1ccc(-c2cc[nH]n2)cc1NC(=O)C1=CNC(=O)C[C@H]1c1ccc(F)cc1. The van der Waals surface area contributed by atoms with Gasteiger partial charge < -0.3 is 10.6 Å². The minimum Gasteiger partial charge on any atom is -0.332 e. The van der Waals surface area contributed by atoms with Gasteiger partial charge in [-0.25, -0.2) is 4.39 Å². The van der Waals surface area contributed by atoms with Gasteiger partial charge in [0, 0.05) is 41.6 Å². The normalized spacial score (nSPS) is 16.1. The van der Waals surface area contributed by atoms with E-state index in [4.69, 9.17) is 0 Å². The van der Waals surface area contributed by atoms with Gasteiger partial charge in [-0.05, 0) is 42.3 Å². The zero-order valence-electron chi connectivity index (χ0n) is 15.7. The maximum absolute atomic E-state index is 13.3. The van der Waals surface area contributed by atoms with Crippen LogP contribution in [-0.4, -0.2) is 22.0 Å². The number of aryl methyl sites for hydroxylation is 1. The van der Waals surface area contributed by atoms with Crippen molar-refractivity contribution in [3.05, 3.63) is 83.4 Å². The molecule has 1 atom stereocenters. The van der Waals surface area contributed by atoms with Crippen LogP contribution in [0.5, 0.6) is 0 Å². The summed E-state index contributed by atoms with van der Waals surface area (Å²) < 4.78 is 13.3. The van der Waals surface area contributed by atoms with Crippen molar-refractivity contribution >= 4 is 17.5 Å². The summed E-state index contributed by atoms with van der Waals surface area (Å²) in [5, 5.41) is 12.5.